The van der Waals surface area contributed by atoms with E-state index in [-0.39, 0.29) is 11.9 Å². The SMILES string of the molecule is CC(N)C(=O)N(Cc1c(Cl)cccc1Cl)C1CC1. The second kappa shape index (κ2) is 5.47. The van der Waals surface area contributed by atoms with Crippen molar-refractivity contribution in [2.24, 2.45) is 5.73 Å². The van der Waals surface area contributed by atoms with Gasteiger partial charge >= 0.3 is 0 Å². The van der Waals surface area contributed by atoms with Crippen LogP contribution in [0.3, 0.4) is 0 Å². The van der Waals surface area contributed by atoms with Crippen molar-refractivity contribution in [1.29, 1.82) is 0 Å². The van der Waals surface area contributed by atoms with Crippen molar-refractivity contribution >= 4 is 29.1 Å². The van der Waals surface area contributed by atoms with Crippen LogP contribution >= 0.6 is 23.2 Å². The molecule has 5 heteroatoms. The first-order valence-electron chi connectivity index (χ1n) is 5.99. The summed E-state index contributed by atoms with van der Waals surface area (Å²) in [6.45, 7) is 2.13. The molecule has 0 radical (unpaired) electrons. The first-order chi connectivity index (χ1) is 8.50. The van der Waals surface area contributed by atoms with Gasteiger partial charge in [0, 0.05) is 28.2 Å². The Morgan fingerprint density at radius 2 is 2.00 bits per heavy atom. The van der Waals surface area contributed by atoms with Gasteiger partial charge in [-0.05, 0) is 31.9 Å². The smallest absolute Gasteiger partial charge is 0.239 e. The van der Waals surface area contributed by atoms with Gasteiger partial charge in [0.1, 0.15) is 0 Å². The van der Waals surface area contributed by atoms with Gasteiger partial charge in [-0.15, -0.1) is 0 Å². The number of rotatable bonds is 4. The molecule has 1 unspecified atom stereocenters. The predicted molar refractivity (Wildman–Crippen MR) is 73.7 cm³/mol. The number of halogens is 2. The minimum Gasteiger partial charge on any atom is -0.334 e. The molecule has 3 nitrogen and oxygen atoms in total. The summed E-state index contributed by atoms with van der Waals surface area (Å²) in [5, 5.41) is 1.18. The molecule has 1 amide bonds. The summed E-state index contributed by atoms with van der Waals surface area (Å²) in [7, 11) is 0. The lowest BCUT2D eigenvalue weighted by molar-refractivity contribution is -0.133. The van der Waals surface area contributed by atoms with Crippen LogP contribution in [-0.2, 0) is 11.3 Å². The molecule has 0 bridgehead atoms. The van der Waals surface area contributed by atoms with E-state index in [0.717, 1.165) is 18.4 Å². The first kappa shape index (κ1) is 13.7. The van der Waals surface area contributed by atoms with E-state index in [1.165, 1.54) is 0 Å². The van der Waals surface area contributed by atoms with Crippen molar-refractivity contribution in [3.63, 3.8) is 0 Å². The Hall–Kier alpha value is -0.770. The molecular formula is C13H16Cl2N2O. The second-order valence-corrected chi connectivity index (χ2v) is 5.50. The summed E-state index contributed by atoms with van der Waals surface area (Å²) in [4.78, 5) is 13.9. The zero-order valence-electron chi connectivity index (χ0n) is 10.2. The number of carbonyl (C=O) groups excluding carboxylic acids is 1. The second-order valence-electron chi connectivity index (χ2n) is 4.69. The Morgan fingerprint density at radius 1 is 1.44 bits per heavy atom. The molecule has 1 aromatic rings. The summed E-state index contributed by atoms with van der Waals surface area (Å²) < 4.78 is 0. The molecule has 1 fully saturated rings. The number of hydrogen-bond acceptors (Lipinski definition) is 2. The fourth-order valence-corrected chi connectivity index (χ4v) is 2.41. The average Bonchev–Trinajstić information content (AvgIpc) is 3.12. The lowest BCUT2D eigenvalue weighted by Gasteiger charge is -2.25. The molecule has 0 spiro atoms. The topological polar surface area (TPSA) is 46.3 Å². The minimum atomic E-state index is -0.494. The fraction of sp³-hybridized carbons (Fsp3) is 0.462. The van der Waals surface area contributed by atoms with Gasteiger partial charge < -0.3 is 10.6 Å². The van der Waals surface area contributed by atoms with Crippen LogP contribution in [0.5, 0.6) is 0 Å². The van der Waals surface area contributed by atoms with Crippen molar-refractivity contribution in [1.82, 2.24) is 4.90 Å². The van der Waals surface area contributed by atoms with E-state index in [1.807, 2.05) is 0 Å². The summed E-state index contributed by atoms with van der Waals surface area (Å²) in [6.07, 6.45) is 2.06. The third-order valence-electron chi connectivity index (χ3n) is 3.05. The number of nitrogens with two attached hydrogens (primary N) is 1. The zero-order chi connectivity index (χ0) is 13.3. The van der Waals surface area contributed by atoms with Crippen LogP contribution in [0.2, 0.25) is 10.0 Å². The highest BCUT2D eigenvalue weighted by atomic mass is 35.5. The van der Waals surface area contributed by atoms with Gasteiger partial charge in [-0.25, -0.2) is 0 Å². The minimum absolute atomic E-state index is 0.0477. The summed E-state index contributed by atoms with van der Waals surface area (Å²) in [5.74, 6) is -0.0477. The lowest BCUT2D eigenvalue weighted by Crippen LogP contribution is -2.43. The molecular weight excluding hydrogens is 271 g/mol. The molecule has 2 N–H and O–H groups in total. The van der Waals surface area contributed by atoms with Gasteiger partial charge in [-0.3, -0.25) is 4.79 Å². The number of benzene rings is 1. The van der Waals surface area contributed by atoms with Gasteiger partial charge in [-0.2, -0.15) is 0 Å². The van der Waals surface area contributed by atoms with Crippen LogP contribution in [0.15, 0.2) is 18.2 Å². The normalized spacial score (nSPS) is 16.4. The Morgan fingerprint density at radius 3 is 2.44 bits per heavy atom. The Bertz CT molecular complexity index is 438. The molecule has 98 valence electrons. The largest absolute Gasteiger partial charge is 0.334 e. The predicted octanol–water partition coefficient (Wildman–Crippen LogP) is 2.83. The van der Waals surface area contributed by atoms with Gasteiger partial charge in [-0.1, -0.05) is 29.3 Å². The number of hydrogen-bond donors (Lipinski definition) is 1. The summed E-state index contributed by atoms with van der Waals surface area (Å²) >= 11 is 12.3. The van der Waals surface area contributed by atoms with E-state index in [0.29, 0.717) is 16.6 Å². The van der Waals surface area contributed by atoms with E-state index in [2.05, 4.69) is 0 Å². The van der Waals surface area contributed by atoms with Crippen molar-refractivity contribution in [3.05, 3.63) is 33.8 Å². The Labute approximate surface area is 117 Å². The molecule has 0 aromatic heterocycles. The van der Waals surface area contributed by atoms with E-state index >= 15 is 0 Å². The first-order valence-corrected chi connectivity index (χ1v) is 6.75. The molecule has 1 aliphatic carbocycles. The van der Waals surface area contributed by atoms with Gasteiger partial charge in [0.2, 0.25) is 5.91 Å². The van der Waals surface area contributed by atoms with Crippen LogP contribution in [0.4, 0.5) is 0 Å². The van der Waals surface area contributed by atoms with Crippen molar-refractivity contribution in [2.75, 3.05) is 0 Å². The van der Waals surface area contributed by atoms with Crippen LogP contribution in [0.1, 0.15) is 25.3 Å². The van der Waals surface area contributed by atoms with Crippen molar-refractivity contribution in [3.8, 4) is 0 Å². The standard InChI is InChI=1S/C13H16Cl2N2O/c1-8(16)13(18)17(9-5-6-9)7-10-11(14)3-2-4-12(10)15/h2-4,8-9H,5-7,16H2,1H3. The zero-order valence-corrected chi connectivity index (χ0v) is 11.7. The van der Waals surface area contributed by atoms with Crippen LogP contribution in [-0.4, -0.2) is 22.9 Å². The molecule has 1 atom stereocenters. The van der Waals surface area contributed by atoms with Gasteiger partial charge in [0.15, 0.2) is 0 Å². The maximum absolute atomic E-state index is 12.1. The third kappa shape index (κ3) is 2.97. The molecule has 0 heterocycles. The number of nitrogens with zero attached hydrogens (tertiary/aromatic N) is 1. The Balaban J connectivity index is 2.21. The molecule has 1 saturated carbocycles. The summed E-state index contributed by atoms with van der Waals surface area (Å²) in [6, 6.07) is 5.15. The highest BCUT2D eigenvalue weighted by Gasteiger charge is 2.34. The maximum atomic E-state index is 12.1. The number of carbonyl (C=O) groups is 1. The maximum Gasteiger partial charge on any atom is 0.239 e. The van der Waals surface area contributed by atoms with Crippen LogP contribution in [0.25, 0.3) is 0 Å². The third-order valence-corrected chi connectivity index (χ3v) is 3.76. The monoisotopic (exact) mass is 286 g/mol. The fourth-order valence-electron chi connectivity index (χ4n) is 1.89. The highest BCUT2D eigenvalue weighted by Crippen LogP contribution is 2.32. The van der Waals surface area contributed by atoms with E-state index in [4.69, 9.17) is 28.9 Å². The highest BCUT2D eigenvalue weighted by molar-refractivity contribution is 6.36. The van der Waals surface area contributed by atoms with Gasteiger partial charge in [0.25, 0.3) is 0 Å². The molecule has 1 aromatic carbocycles. The molecule has 2 rings (SSSR count). The molecule has 0 saturated heterocycles. The molecule has 1 aliphatic rings. The quantitative estimate of drug-likeness (QED) is 0.925. The van der Waals surface area contributed by atoms with Crippen LogP contribution in [0, 0.1) is 0 Å². The Kier molecular flexibility index (Phi) is 4.15. The van der Waals surface area contributed by atoms with E-state index in [1.54, 1.807) is 30.0 Å². The van der Waals surface area contributed by atoms with Gasteiger partial charge in [0.05, 0.1) is 6.04 Å². The van der Waals surface area contributed by atoms with E-state index < -0.39 is 6.04 Å². The lowest BCUT2D eigenvalue weighted by atomic mass is 10.2. The van der Waals surface area contributed by atoms with Crippen LogP contribution < -0.4 is 5.73 Å². The van der Waals surface area contributed by atoms with E-state index in [9.17, 15) is 4.79 Å². The molecule has 0 aliphatic heterocycles. The van der Waals surface area contributed by atoms with Crippen molar-refractivity contribution < 1.29 is 4.79 Å². The average molecular weight is 287 g/mol. The van der Waals surface area contributed by atoms with Crippen molar-refractivity contribution in [2.45, 2.75) is 38.4 Å². The molecule has 18 heavy (non-hydrogen) atoms. The number of amides is 1. The summed E-state index contributed by atoms with van der Waals surface area (Å²) in [5.41, 5.74) is 6.47.